The fraction of sp³-hybridized carbons (Fsp3) is 0.429. The largest absolute Gasteiger partial charge is 0.484 e. The molecule has 5 nitrogen and oxygen atoms in total. The molecule has 0 saturated carbocycles. The van der Waals surface area contributed by atoms with Crippen LogP contribution in [0.1, 0.15) is 5.56 Å². The molecule has 0 aliphatic rings. The molecule has 0 aliphatic heterocycles. The van der Waals surface area contributed by atoms with E-state index in [2.05, 4.69) is 15.5 Å². The summed E-state index contributed by atoms with van der Waals surface area (Å²) in [6, 6.07) is 6.59. The van der Waals surface area contributed by atoms with Crippen molar-refractivity contribution in [1.82, 2.24) is 10.2 Å². The van der Waals surface area contributed by atoms with Crippen LogP contribution in [0.25, 0.3) is 0 Å². The lowest BCUT2D eigenvalue weighted by Gasteiger charge is -2.09. The molecule has 1 aromatic heterocycles. The zero-order valence-electron chi connectivity index (χ0n) is 12.8. The van der Waals surface area contributed by atoms with Crippen LogP contribution in [0.5, 0.6) is 5.75 Å². The number of hydrogen-bond acceptors (Lipinski definition) is 7. The number of rotatable bonds is 9. The molecule has 1 N–H and O–H groups in total. The normalized spacial score (nSPS) is 11.5. The number of halogens is 3. The minimum atomic E-state index is -4.34. The van der Waals surface area contributed by atoms with Crippen molar-refractivity contribution in [2.24, 2.45) is 0 Å². The Labute approximate surface area is 145 Å². The van der Waals surface area contributed by atoms with E-state index in [0.29, 0.717) is 24.0 Å². The summed E-state index contributed by atoms with van der Waals surface area (Å²) in [6.45, 7) is -0.0718. The summed E-state index contributed by atoms with van der Waals surface area (Å²) in [4.78, 5) is 0. The molecule has 24 heavy (non-hydrogen) atoms. The summed E-state index contributed by atoms with van der Waals surface area (Å²) in [6.07, 6.45) is -4.34. The van der Waals surface area contributed by atoms with Crippen LogP contribution in [0.4, 0.5) is 18.3 Å². The van der Waals surface area contributed by atoms with Crippen molar-refractivity contribution < 1.29 is 22.6 Å². The van der Waals surface area contributed by atoms with Gasteiger partial charge in [0, 0.05) is 19.4 Å². The highest BCUT2D eigenvalue weighted by Gasteiger charge is 2.28. The van der Waals surface area contributed by atoms with Gasteiger partial charge in [0.25, 0.3) is 0 Å². The first kappa shape index (κ1) is 18.8. The Kier molecular flexibility index (Phi) is 7.13. The van der Waals surface area contributed by atoms with E-state index in [4.69, 9.17) is 9.47 Å². The third kappa shape index (κ3) is 6.93. The second-order valence-corrected chi connectivity index (χ2v) is 6.83. The van der Waals surface area contributed by atoms with Crippen LogP contribution in [0.2, 0.25) is 0 Å². The maximum atomic E-state index is 12.2. The van der Waals surface area contributed by atoms with Crippen LogP contribution in [0.3, 0.4) is 0 Å². The van der Waals surface area contributed by atoms with E-state index < -0.39 is 12.8 Å². The molecule has 0 unspecified atom stereocenters. The molecule has 1 aromatic carbocycles. The maximum absolute atomic E-state index is 12.2. The average Bonchev–Trinajstić information content (AvgIpc) is 2.99. The van der Waals surface area contributed by atoms with E-state index >= 15 is 0 Å². The third-order valence-electron chi connectivity index (χ3n) is 2.65. The molecular weight excluding hydrogens is 363 g/mol. The molecule has 0 aliphatic carbocycles. The van der Waals surface area contributed by atoms with Crippen LogP contribution < -0.4 is 10.1 Å². The van der Waals surface area contributed by atoms with E-state index in [1.54, 1.807) is 19.2 Å². The van der Waals surface area contributed by atoms with Gasteiger partial charge >= 0.3 is 6.18 Å². The van der Waals surface area contributed by atoms with Gasteiger partial charge in [0.1, 0.15) is 5.75 Å². The van der Waals surface area contributed by atoms with Gasteiger partial charge < -0.3 is 14.8 Å². The van der Waals surface area contributed by atoms with E-state index in [-0.39, 0.29) is 5.75 Å². The number of aromatic nitrogens is 2. The van der Waals surface area contributed by atoms with Crippen molar-refractivity contribution in [1.29, 1.82) is 0 Å². The number of alkyl halides is 3. The number of anilines is 1. The standard InChI is InChI=1S/C14H16F3N3O2S2/c1-21-6-5-18-12-19-20-13(24-12)23-8-10-3-2-4-11(7-10)22-9-14(15,16)17/h2-4,7H,5-6,8-9H2,1H3,(H,18,19). The summed E-state index contributed by atoms with van der Waals surface area (Å²) >= 11 is 2.88. The number of hydrogen-bond donors (Lipinski definition) is 1. The second kappa shape index (κ2) is 9.09. The van der Waals surface area contributed by atoms with Crippen molar-refractivity contribution in [3.63, 3.8) is 0 Å². The van der Waals surface area contributed by atoms with Gasteiger partial charge in [-0.25, -0.2) is 0 Å². The molecule has 2 aromatic rings. The molecule has 1 heterocycles. The van der Waals surface area contributed by atoms with Crippen molar-refractivity contribution in [3.8, 4) is 5.75 Å². The quantitative estimate of drug-likeness (QED) is 0.528. The van der Waals surface area contributed by atoms with Crippen LogP contribution in [0, 0.1) is 0 Å². The van der Waals surface area contributed by atoms with Gasteiger partial charge in [0.15, 0.2) is 10.9 Å². The van der Waals surface area contributed by atoms with Gasteiger partial charge in [-0.1, -0.05) is 35.2 Å². The summed E-state index contributed by atoms with van der Waals surface area (Å²) in [7, 11) is 1.62. The Morgan fingerprint density at radius 3 is 2.88 bits per heavy atom. The third-order valence-corrected chi connectivity index (χ3v) is 4.74. The molecule has 0 amide bonds. The topological polar surface area (TPSA) is 56.3 Å². The molecule has 0 atom stereocenters. The highest BCUT2D eigenvalue weighted by molar-refractivity contribution is 8.00. The molecule has 0 radical (unpaired) electrons. The van der Waals surface area contributed by atoms with Crippen LogP contribution in [-0.4, -0.2) is 43.2 Å². The first-order valence-corrected chi connectivity index (χ1v) is 8.74. The summed E-state index contributed by atoms with van der Waals surface area (Å²) in [5, 5.41) is 11.8. The number of thioether (sulfide) groups is 1. The highest BCUT2D eigenvalue weighted by atomic mass is 32.2. The SMILES string of the molecule is COCCNc1nnc(SCc2cccc(OCC(F)(F)F)c2)s1. The Morgan fingerprint density at radius 1 is 1.29 bits per heavy atom. The van der Waals surface area contributed by atoms with E-state index in [1.807, 2.05) is 6.07 Å². The lowest BCUT2D eigenvalue weighted by molar-refractivity contribution is -0.153. The van der Waals surface area contributed by atoms with Crippen molar-refractivity contribution in [2.75, 3.05) is 32.2 Å². The van der Waals surface area contributed by atoms with Gasteiger partial charge in [-0.15, -0.1) is 10.2 Å². The Hall–Kier alpha value is -1.52. The predicted molar refractivity (Wildman–Crippen MR) is 87.8 cm³/mol. The zero-order chi connectivity index (χ0) is 17.4. The van der Waals surface area contributed by atoms with Gasteiger partial charge in [0.2, 0.25) is 5.13 Å². The van der Waals surface area contributed by atoms with Crippen LogP contribution >= 0.6 is 23.1 Å². The zero-order valence-corrected chi connectivity index (χ0v) is 14.4. The molecule has 0 fully saturated rings. The number of benzene rings is 1. The number of nitrogens with one attached hydrogen (secondary N) is 1. The van der Waals surface area contributed by atoms with Crippen LogP contribution in [-0.2, 0) is 10.5 Å². The maximum Gasteiger partial charge on any atom is 0.422 e. The summed E-state index contributed by atoms with van der Waals surface area (Å²) in [5.41, 5.74) is 0.851. The first-order valence-electron chi connectivity index (χ1n) is 6.94. The van der Waals surface area contributed by atoms with E-state index in [1.165, 1.54) is 29.2 Å². The molecule has 10 heteroatoms. The minimum absolute atomic E-state index is 0.199. The predicted octanol–water partition coefficient (Wildman–Crippen LogP) is 3.83. The van der Waals surface area contributed by atoms with Gasteiger partial charge in [0.05, 0.1) is 6.61 Å². The second-order valence-electron chi connectivity index (χ2n) is 4.63. The van der Waals surface area contributed by atoms with Crippen molar-refractivity contribution in [2.45, 2.75) is 16.3 Å². The lowest BCUT2D eigenvalue weighted by Crippen LogP contribution is -2.19. The Morgan fingerprint density at radius 2 is 2.12 bits per heavy atom. The van der Waals surface area contributed by atoms with Gasteiger partial charge in [-0.2, -0.15) is 13.2 Å². The van der Waals surface area contributed by atoms with Gasteiger partial charge in [-0.05, 0) is 17.7 Å². The summed E-state index contributed by atoms with van der Waals surface area (Å²) < 4.78 is 47.0. The first-order chi connectivity index (χ1) is 11.5. The minimum Gasteiger partial charge on any atom is -0.484 e. The lowest BCUT2D eigenvalue weighted by atomic mass is 10.2. The van der Waals surface area contributed by atoms with Crippen molar-refractivity contribution >= 4 is 28.2 Å². The Balaban J connectivity index is 1.83. The number of ether oxygens (including phenoxy) is 2. The van der Waals surface area contributed by atoms with Crippen molar-refractivity contribution in [3.05, 3.63) is 29.8 Å². The summed E-state index contributed by atoms with van der Waals surface area (Å²) in [5.74, 6) is 0.764. The van der Waals surface area contributed by atoms with E-state index in [9.17, 15) is 13.2 Å². The molecule has 0 saturated heterocycles. The van der Waals surface area contributed by atoms with Crippen LogP contribution in [0.15, 0.2) is 28.6 Å². The van der Waals surface area contributed by atoms with E-state index in [0.717, 1.165) is 9.90 Å². The monoisotopic (exact) mass is 379 g/mol. The molecule has 132 valence electrons. The molecule has 2 rings (SSSR count). The number of methoxy groups -OCH3 is 1. The molecular formula is C14H16F3N3O2S2. The number of nitrogens with zero attached hydrogens (tertiary/aromatic N) is 2. The molecule has 0 spiro atoms. The average molecular weight is 379 g/mol. The molecule has 0 bridgehead atoms. The van der Waals surface area contributed by atoms with Gasteiger partial charge in [-0.3, -0.25) is 0 Å². The fourth-order valence-corrected chi connectivity index (χ4v) is 3.36. The smallest absolute Gasteiger partial charge is 0.422 e. The highest BCUT2D eigenvalue weighted by Crippen LogP contribution is 2.29. The fourth-order valence-electron chi connectivity index (χ4n) is 1.63. The Bertz CT molecular complexity index is 638.